The molecule has 196 valence electrons. The van der Waals surface area contributed by atoms with Crippen molar-refractivity contribution in [2.24, 2.45) is 5.41 Å². The minimum atomic E-state index is -4.86. The summed E-state index contributed by atoms with van der Waals surface area (Å²) >= 11 is 12.3. The third-order valence-electron chi connectivity index (χ3n) is 6.87. The summed E-state index contributed by atoms with van der Waals surface area (Å²) in [5.74, 6) is -2.24. The van der Waals surface area contributed by atoms with E-state index in [1.165, 1.54) is 11.8 Å². The van der Waals surface area contributed by atoms with Gasteiger partial charge in [0.25, 0.3) is 0 Å². The monoisotopic (exact) mass is 545 g/mol. The maximum atomic E-state index is 14.0. The average Bonchev–Trinajstić information content (AvgIpc) is 2.78. The Bertz CT molecular complexity index is 1100. The van der Waals surface area contributed by atoms with E-state index in [-0.39, 0.29) is 12.8 Å². The van der Waals surface area contributed by atoms with E-state index in [4.69, 9.17) is 23.2 Å². The number of hydrogen-bond acceptors (Lipinski definition) is 3. The molecule has 5 unspecified atom stereocenters. The molecule has 1 fully saturated rings. The zero-order valence-electron chi connectivity index (χ0n) is 19.8. The molecule has 5 atom stereocenters. The van der Waals surface area contributed by atoms with Crippen molar-refractivity contribution in [3.05, 3.63) is 69.7 Å². The van der Waals surface area contributed by atoms with Crippen molar-refractivity contribution < 1.29 is 33.0 Å². The predicted octanol–water partition coefficient (Wildman–Crippen LogP) is 6.62. The summed E-state index contributed by atoms with van der Waals surface area (Å²) in [6.07, 6.45) is -8.47. The van der Waals surface area contributed by atoms with Crippen LogP contribution in [0.1, 0.15) is 62.6 Å². The Morgan fingerprint density at radius 3 is 2.31 bits per heavy atom. The number of aliphatic hydroxyl groups is 1. The molecule has 0 radical (unpaired) electrons. The SMILES string of the molecule is CCC(CC(O)C(F)(F)F)N1C(=O)C(C)(CC(=O)O)CC(c2cccc(Cl)c2)C1c1ccc(Cl)cc1. The number of carbonyl (C=O) groups excluding carboxylic acids is 1. The number of alkyl halides is 3. The Kier molecular flexibility index (Phi) is 8.63. The van der Waals surface area contributed by atoms with Gasteiger partial charge in [-0.25, -0.2) is 0 Å². The molecule has 0 spiro atoms. The molecule has 2 aromatic rings. The lowest BCUT2D eigenvalue weighted by Crippen LogP contribution is -2.57. The number of benzene rings is 2. The maximum absolute atomic E-state index is 14.0. The largest absolute Gasteiger partial charge is 0.481 e. The second-order valence-electron chi connectivity index (χ2n) is 9.56. The van der Waals surface area contributed by atoms with E-state index in [2.05, 4.69) is 0 Å². The average molecular weight is 546 g/mol. The van der Waals surface area contributed by atoms with E-state index in [1.54, 1.807) is 55.5 Å². The number of carboxylic acid groups (broad SMARTS) is 1. The van der Waals surface area contributed by atoms with Gasteiger partial charge >= 0.3 is 12.1 Å². The molecule has 5 nitrogen and oxygen atoms in total. The Labute approximate surface area is 217 Å². The number of aliphatic carboxylic acids is 1. The summed E-state index contributed by atoms with van der Waals surface area (Å²) in [7, 11) is 0. The molecule has 1 amide bonds. The summed E-state index contributed by atoms with van der Waals surface area (Å²) in [5, 5.41) is 20.4. The normalized spacial score (nSPS) is 24.4. The fraction of sp³-hybridized carbons (Fsp3) is 0.462. The van der Waals surface area contributed by atoms with Gasteiger partial charge < -0.3 is 15.1 Å². The molecule has 1 saturated heterocycles. The van der Waals surface area contributed by atoms with E-state index in [1.807, 2.05) is 0 Å². The van der Waals surface area contributed by atoms with E-state index >= 15 is 0 Å². The third-order valence-corrected chi connectivity index (χ3v) is 7.36. The van der Waals surface area contributed by atoms with Crippen LogP contribution in [-0.4, -0.2) is 45.3 Å². The Morgan fingerprint density at radius 2 is 1.78 bits per heavy atom. The lowest BCUT2D eigenvalue weighted by Gasteiger charge is -2.52. The second kappa shape index (κ2) is 11.0. The van der Waals surface area contributed by atoms with Crippen molar-refractivity contribution in [3.8, 4) is 0 Å². The van der Waals surface area contributed by atoms with Crippen LogP contribution >= 0.6 is 23.2 Å². The molecule has 3 rings (SSSR count). The highest BCUT2D eigenvalue weighted by Gasteiger charge is 2.53. The van der Waals surface area contributed by atoms with Crippen LogP contribution in [0.15, 0.2) is 48.5 Å². The van der Waals surface area contributed by atoms with Crippen molar-refractivity contribution >= 4 is 35.1 Å². The number of hydrogen-bond donors (Lipinski definition) is 2. The van der Waals surface area contributed by atoms with Crippen LogP contribution in [0.3, 0.4) is 0 Å². The molecule has 1 heterocycles. The Hall–Kier alpha value is -2.29. The molecule has 10 heteroatoms. The van der Waals surface area contributed by atoms with E-state index in [0.29, 0.717) is 15.6 Å². The minimum Gasteiger partial charge on any atom is -0.481 e. The van der Waals surface area contributed by atoms with Crippen molar-refractivity contribution in [2.45, 2.75) is 69.8 Å². The van der Waals surface area contributed by atoms with Crippen LogP contribution in [0, 0.1) is 5.41 Å². The van der Waals surface area contributed by atoms with Gasteiger partial charge in [0.1, 0.15) is 0 Å². The highest BCUT2D eigenvalue weighted by Crippen LogP contribution is 2.52. The summed E-state index contributed by atoms with van der Waals surface area (Å²) in [6, 6.07) is 11.9. The van der Waals surface area contributed by atoms with Gasteiger partial charge in [-0.05, 0) is 48.2 Å². The highest BCUT2D eigenvalue weighted by molar-refractivity contribution is 6.30. The first-order valence-corrected chi connectivity index (χ1v) is 12.3. The van der Waals surface area contributed by atoms with Gasteiger partial charge in [0.05, 0.1) is 17.9 Å². The van der Waals surface area contributed by atoms with E-state index in [0.717, 1.165) is 5.56 Å². The van der Waals surface area contributed by atoms with Crippen molar-refractivity contribution in [3.63, 3.8) is 0 Å². The highest BCUT2D eigenvalue weighted by atomic mass is 35.5. The first kappa shape index (κ1) is 28.3. The molecule has 2 N–H and O–H groups in total. The molecule has 1 aliphatic rings. The molecular formula is C26H28Cl2F3NO4. The van der Waals surface area contributed by atoms with Crippen LogP contribution in [0.25, 0.3) is 0 Å². The summed E-state index contributed by atoms with van der Waals surface area (Å²) < 4.78 is 40.0. The smallest absolute Gasteiger partial charge is 0.414 e. The number of amides is 1. The molecule has 2 aromatic carbocycles. The molecule has 0 bridgehead atoms. The van der Waals surface area contributed by atoms with Gasteiger partial charge in [-0.2, -0.15) is 13.2 Å². The lowest BCUT2D eigenvalue weighted by atomic mass is 9.67. The topological polar surface area (TPSA) is 77.8 Å². The second-order valence-corrected chi connectivity index (χ2v) is 10.4. The molecule has 0 saturated carbocycles. The standard InChI is InChI=1S/C26H28Cl2F3NO4/c1-3-19(12-21(33)26(29,30)31)32-23(15-7-9-17(27)10-8-15)20(16-5-4-6-18(28)11-16)13-25(2,24(32)36)14-22(34)35/h4-11,19-21,23,33H,3,12-14H2,1-2H3,(H,34,35). The zero-order chi connectivity index (χ0) is 26.8. The quantitative estimate of drug-likeness (QED) is 0.390. The number of carbonyl (C=O) groups is 2. The summed E-state index contributed by atoms with van der Waals surface area (Å²) in [4.78, 5) is 27.1. The van der Waals surface area contributed by atoms with Crippen molar-refractivity contribution in [1.82, 2.24) is 4.90 Å². The fourth-order valence-corrected chi connectivity index (χ4v) is 5.47. The molecule has 36 heavy (non-hydrogen) atoms. The summed E-state index contributed by atoms with van der Waals surface area (Å²) in [6.45, 7) is 3.16. The van der Waals surface area contributed by atoms with Gasteiger partial charge in [-0.3, -0.25) is 9.59 Å². The molecular weight excluding hydrogens is 518 g/mol. The van der Waals surface area contributed by atoms with Crippen LogP contribution < -0.4 is 0 Å². The van der Waals surface area contributed by atoms with Gasteiger partial charge in [-0.15, -0.1) is 0 Å². The predicted molar refractivity (Wildman–Crippen MR) is 131 cm³/mol. The van der Waals surface area contributed by atoms with Gasteiger partial charge in [0, 0.05) is 28.4 Å². The lowest BCUT2D eigenvalue weighted by molar-refractivity contribution is -0.211. The van der Waals surface area contributed by atoms with Gasteiger partial charge in [0.15, 0.2) is 6.10 Å². The molecule has 0 aliphatic carbocycles. The van der Waals surface area contributed by atoms with Crippen LogP contribution in [-0.2, 0) is 9.59 Å². The van der Waals surface area contributed by atoms with Gasteiger partial charge in [0.2, 0.25) is 5.91 Å². The number of halogens is 5. The first-order valence-electron chi connectivity index (χ1n) is 11.6. The number of aliphatic hydroxyl groups excluding tert-OH is 1. The first-order chi connectivity index (χ1) is 16.8. The maximum Gasteiger partial charge on any atom is 0.414 e. The van der Waals surface area contributed by atoms with Crippen LogP contribution in [0.2, 0.25) is 10.0 Å². The number of piperidine rings is 1. The van der Waals surface area contributed by atoms with Crippen LogP contribution in [0.5, 0.6) is 0 Å². The van der Waals surface area contributed by atoms with Crippen molar-refractivity contribution in [1.29, 1.82) is 0 Å². The summed E-state index contributed by atoms with van der Waals surface area (Å²) in [5.41, 5.74) is -0.0314. The fourth-order valence-electron chi connectivity index (χ4n) is 5.15. The molecule has 1 aliphatic heterocycles. The minimum absolute atomic E-state index is 0.119. The molecule has 0 aromatic heterocycles. The third kappa shape index (κ3) is 6.15. The number of carboxylic acids is 1. The Morgan fingerprint density at radius 1 is 1.14 bits per heavy atom. The number of likely N-dealkylation sites (tertiary alicyclic amines) is 1. The van der Waals surface area contributed by atoms with E-state index in [9.17, 15) is 33.0 Å². The van der Waals surface area contributed by atoms with E-state index < -0.39 is 60.4 Å². The Balaban J connectivity index is 2.23. The van der Waals surface area contributed by atoms with Crippen molar-refractivity contribution in [2.75, 3.05) is 0 Å². The van der Waals surface area contributed by atoms with Gasteiger partial charge in [-0.1, -0.05) is 61.3 Å². The number of rotatable bonds is 8. The zero-order valence-corrected chi connectivity index (χ0v) is 21.3. The van der Waals surface area contributed by atoms with Crippen LogP contribution in [0.4, 0.5) is 13.2 Å². The number of nitrogens with zero attached hydrogens (tertiary/aromatic N) is 1.